The van der Waals surface area contributed by atoms with Gasteiger partial charge in [0.2, 0.25) is 0 Å². The molecule has 0 radical (unpaired) electrons. The smallest absolute Gasteiger partial charge is 0.193 e. The molecule has 2 rings (SSSR count). The molecule has 6 nitrogen and oxygen atoms in total. The number of rotatable bonds is 8. The molecule has 0 amide bonds. The summed E-state index contributed by atoms with van der Waals surface area (Å²) >= 11 is 0. The van der Waals surface area contributed by atoms with Crippen molar-refractivity contribution < 1.29 is 9.47 Å². The van der Waals surface area contributed by atoms with Crippen molar-refractivity contribution in [2.45, 2.75) is 26.3 Å². The minimum Gasteiger partial charge on any atom is -0.486 e. The number of ether oxygens (including phenoxy) is 2. The lowest BCUT2D eigenvalue weighted by atomic mass is 10.2. The second-order valence-electron chi connectivity index (χ2n) is 6.46. The fourth-order valence-electron chi connectivity index (χ4n) is 2.82. The van der Waals surface area contributed by atoms with Crippen LogP contribution in [0.5, 0.6) is 11.5 Å². The van der Waals surface area contributed by atoms with Crippen molar-refractivity contribution >= 4 is 5.96 Å². The molecule has 0 saturated heterocycles. The van der Waals surface area contributed by atoms with Gasteiger partial charge >= 0.3 is 0 Å². The van der Waals surface area contributed by atoms with Gasteiger partial charge in [-0.2, -0.15) is 0 Å². The Morgan fingerprint density at radius 3 is 2.64 bits per heavy atom. The highest BCUT2D eigenvalue weighted by atomic mass is 16.6. The summed E-state index contributed by atoms with van der Waals surface area (Å²) in [6.45, 7) is 7.26. The molecule has 6 heteroatoms. The molecule has 0 saturated carbocycles. The van der Waals surface area contributed by atoms with Gasteiger partial charge in [0.15, 0.2) is 17.5 Å². The van der Waals surface area contributed by atoms with Crippen LogP contribution in [0.2, 0.25) is 0 Å². The fourth-order valence-corrected chi connectivity index (χ4v) is 2.82. The van der Waals surface area contributed by atoms with Crippen LogP contribution in [0.3, 0.4) is 0 Å². The van der Waals surface area contributed by atoms with Crippen molar-refractivity contribution in [2.24, 2.45) is 4.99 Å². The third kappa shape index (κ3) is 6.12. The van der Waals surface area contributed by atoms with Gasteiger partial charge in [-0.05, 0) is 37.7 Å². The Morgan fingerprint density at radius 1 is 1.16 bits per heavy atom. The summed E-state index contributed by atoms with van der Waals surface area (Å²) in [5, 5.41) is 3.44. The van der Waals surface area contributed by atoms with Crippen LogP contribution >= 0.6 is 0 Å². The number of guanidine groups is 1. The zero-order chi connectivity index (χ0) is 18.1. The summed E-state index contributed by atoms with van der Waals surface area (Å²) in [4.78, 5) is 8.86. The van der Waals surface area contributed by atoms with Crippen LogP contribution < -0.4 is 14.8 Å². The average molecular weight is 348 g/mol. The molecule has 1 aromatic rings. The first-order valence-corrected chi connectivity index (χ1v) is 9.13. The first kappa shape index (κ1) is 19.4. The van der Waals surface area contributed by atoms with Gasteiger partial charge in [0.25, 0.3) is 0 Å². The Labute approximate surface area is 151 Å². The van der Waals surface area contributed by atoms with Crippen LogP contribution in [0.15, 0.2) is 23.2 Å². The number of aliphatic imine (C=N–C) groups is 1. The Hall–Kier alpha value is -1.95. The van der Waals surface area contributed by atoms with Crippen LogP contribution in [0.4, 0.5) is 0 Å². The summed E-state index contributed by atoms with van der Waals surface area (Å²) in [6, 6.07) is 6.11. The number of hydrogen-bond donors (Lipinski definition) is 1. The maximum Gasteiger partial charge on any atom is 0.193 e. The molecule has 0 atom stereocenters. The first-order valence-electron chi connectivity index (χ1n) is 9.13. The predicted octanol–water partition coefficient (Wildman–Crippen LogP) is 2.20. The van der Waals surface area contributed by atoms with Gasteiger partial charge in [0.1, 0.15) is 13.2 Å². The molecule has 0 unspecified atom stereocenters. The topological polar surface area (TPSA) is 49.3 Å². The van der Waals surface area contributed by atoms with E-state index in [1.807, 2.05) is 20.2 Å². The zero-order valence-corrected chi connectivity index (χ0v) is 16.0. The van der Waals surface area contributed by atoms with E-state index in [1.165, 1.54) is 18.4 Å². The molecule has 0 fully saturated rings. The normalized spacial score (nSPS) is 13.9. The monoisotopic (exact) mass is 348 g/mol. The molecule has 1 N–H and O–H groups in total. The number of nitrogens with one attached hydrogen (secondary N) is 1. The highest BCUT2D eigenvalue weighted by molar-refractivity contribution is 5.79. The van der Waals surface area contributed by atoms with E-state index in [1.54, 1.807) is 0 Å². The predicted molar refractivity (Wildman–Crippen MR) is 103 cm³/mol. The number of benzene rings is 1. The van der Waals surface area contributed by atoms with Crippen LogP contribution in [-0.2, 0) is 6.54 Å². The van der Waals surface area contributed by atoms with Crippen molar-refractivity contribution in [1.82, 2.24) is 15.1 Å². The van der Waals surface area contributed by atoms with Crippen LogP contribution in [0.25, 0.3) is 0 Å². The number of likely N-dealkylation sites (N-methyl/N-ethyl adjacent to an activating group) is 1. The lowest BCUT2D eigenvalue weighted by molar-refractivity contribution is 0.171. The van der Waals surface area contributed by atoms with Gasteiger partial charge in [-0.1, -0.05) is 19.4 Å². The summed E-state index contributed by atoms with van der Waals surface area (Å²) in [7, 11) is 6.04. The molecular formula is C19H32N4O2. The van der Waals surface area contributed by atoms with E-state index in [-0.39, 0.29) is 0 Å². The minimum atomic E-state index is 0.612. The van der Waals surface area contributed by atoms with E-state index in [2.05, 4.69) is 46.2 Å². The SMILES string of the molecule is CCCCN(C)CCNC(=NC)N(C)Cc1ccc2c(c1)OCCO2. The third-order valence-corrected chi connectivity index (χ3v) is 4.27. The second-order valence-corrected chi connectivity index (χ2v) is 6.46. The Morgan fingerprint density at radius 2 is 1.92 bits per heavy atom. The lowest BCUT2D eigenvalue weighted by Crippen LogP contribution is -2.41. The number of nitrogens with zero attached hydrogens (tertiary/aromatic N) is 3. The van der Waals surface area contributed by atoms with Gasteiger partial charge in [-0.25, -0.2) is 0 Å². The quantitative estimate of drug-likeness (QED) is 0.576. The molecular weight excluding hydrogens is 316 g/mol. The van der Waals surface area contributed by atoms with Crippen LogP contribution in [0.1, 0.15) is 25.3 Å². The van der Waals surface area contributed by atoms with E-state index in [0.29, 0.717) is 13.2 Å². The van der Waals surface area contributed by atoms with Gasteiger partial charge in [-0.3, -0.25) is 4.99 Å². The molecule has 0 bridgehead atoms. The molecule has 1 aliphatic rings. The molecule has 140 valence electrons. The second kappa shape index (κ2) is 10.1. The zero-order valence-electron chi connectivity index (χ0n) is 16.0. The van der Waals surface area contributed by atoms with Crippen LogP contribution in [-0.4, -0.2) is 69.8 Å². The van der Waals surface area contributed by atoms with Gasteiger partial charge < -0.3 is 24.6 Å². The van der Waals surface area contributed by atoms with Gasteiger partial charge in [0, 0.05) is 33.7 Å². The first-order chi connectivity index (χ1) is 12.1. The molecule has 1 aliphatic heterocycles. The standard InChI is InChI=1S/C19H32N4O2/c1-5-6-10-22(3)11-9-21-19(20-2)23(4)15-16-7-8-17-18(14-16)25-13-12-24-17/h7-8,14H,5-6,9-13,15H2,1-4H3,(H,20,21). The molecule has 25 heavy (non-hydrogen) atoms. The molecule has 1 heterocycles. The van der Waals surface area contributed by atoms with Crippen molar-refractivity contribution in [3.05, 3.63) is 23.8 Å². The average Bonchev–Trinajstić information content (AvgIpc) is 2.63. The Bertz CT molecular complexity index is 562. The van der Waals surface area contributed by atoms with Crippen molar-refractivity contribution in [1.29, 1.82) is 0 Å². The van der Waals surface area contributed by atoms with Crippen molar-refractivity contribution in [3.8, 4) is 11.5 Å². The van der Waals surface area contributed by atoms with E-state index in [0.717, 1.165) is 43.6 Å². The number of hydrogen-bond acceptors (Lipinski definition) is 4. The summed E-state index contributed by atoms with van der Waals surface area (Å²) in [6.07, 6.45) is 2.48. The van der Waals surface area contributed by atoms with Gasteiger partial charge in [-0.15, -0.1) is 0 Å². The fraction of sp³-hybridized carbons (Fsp3) is 0.632. The Kier molecular flexibility index (Phi) is 7.85. The Balaban J connectivity index is 1.82. The van der Waals surface area contributed by atoms with Gasteiger partial charge in [0.05, 0.1) is 0 Å². The van der Waals surface area contributed by atoms with E-state index in [9.17, 15) is 0 Å². The number of fused-ring (bicyclic) bond motifs is 1. The minimum absolute atomic E-state index is 0.612. The molecule has 0 aromatic heterocycles. The van der Waals surface area contributed by atoms with Crippen molar-refractivity contribution in [2.75, 3.05) is 54.0 Å². The highest BCUT2D eigenvalue weighted by Crippen LogP contribution is 2.30. The maximum atomic E-state index is 5.66. The highest BCUT2D eigenvalue weighted by Gasteiger charge is 2.13. The van der Waals surface area contributed by atoms with E-state index in [4.69, 9.17) is 9.47 Å². The van der Waals surface area contributed by atoms with Crippen LogP contribution in [0, 0.1) is 0 Å². The van der Waals surface area contributed by atoms with Crippen molar-refractivity contribution in [3.63, 3.8) is 0 Å². The maximum absolute atomic E-state index is 5.66. The largest absolute Gasteiger partial charge is 0.486 e. The summed E-state index contributed by atoms with van der Waals surface area (Å²) in [5.41, 5.74) is 1.18. The third-order valence-electron chi connectivity index (χ3n) is 4.27. The summed E-state index contributed by atoms with van der Waals surface area (Å²) < 4.78 is 11.2. The molecule has 0 aliphatic carbocycles. The number of unbranched alkanes of at least 4 members (excludes halogenated alkanes) is 1. The summed E-state index contributed by atoms with van der Waals surface area (Å²) in [5.74, 6) is 2.56. The van der Waals surface area contributed by atoms with E-state index < -0.39 is 0 Å². The molecule has 1 aromatic carbocycles. The lowest BCUT2D eigenvalue weighted by Gasteiger charge is -2.24. The van der Waals surface area contributed by atoms with E-state index >= 15 is 0 Å². The molecule has 0 spiro atoms.